The molecule has 2 aromatic carbocycles. The van der Waals surface area contributed by atoms with Crippen molar-refractivity contribution in [2.45, 2.75) is 18.2 Å². The number of nitrogens with two attached hydrogens (primary N) is 1. The number of nitrogens with one attached hydrogen (secondary N) is 1. The van der Waals surface area contributed by atoms with Crippen molar-refractivity contribution in [2.24, 2.45) is 5.73 Å². The summed E-state index contributed by atoms with van der Waals surface area (Å²) in [5.41, 5.74) is 8.39. The van der Waals surface area contributed by atoms with Gasteiger partial charge in [0.15, 0.2) is 5.82 Å². The number of ether oxygens (including phenoxy) is 3. The summed E-state index contributed by atoms with van der Waals surface area (Å²) in [5, 5.41) is 7.49. The standard InChI is InChI=1S/C28H25N5O5/c1-36-21-11-9-19(10-12-21)18-24(28(27(29)35)37-16-17-38-28)31-26(34)22-8-5-14-30-25(22)33-15-13-23(32-33)20-6-3-2-4-7-20/h2-17,24H,18H2,1H3,(H2,29,35)(H,31,34). The molecule has 1 aliphatic heterocycles. The minimum atomic E-state index is -1.93. The maximum absolute atomic E-state index is 13.6. The first-order chi connectivity index (χ1) is 18.5. The number of methoxy groups -OCH3 is 1. The van der Waals surface area contributed by atoms with E-state index < -0.39 is 23.6 Å². The van der Waals surface area contributed by atoms with E-state index in [1.165, 1.54) is 17.2 Å². The summed E-state index contributed by atoms with van der Waals surface area (Å²) in [6.07, 6.45) is 5.93. The highest BCUT2D eigenvalue weighted by atomic mass is 16.7. The lowest BCUT2D eigenvalue weighted by Gasteiger charge is -2.33. The number of amides is 2. The lowest BCUT2D eigenvalue weighted by molar-refractivity contribution is -0.182. The van der Waals surface area contributed by atoms with Crippen molar-refractivity contribution in [3.05, 3.63) is 109 Å². The van der Waals surface area contributed by atoms with Crippen molar-refractivity contribution in [2.75, 3.05) is 7.11 Å². The Morgan fingerprint density at radius 2 is 1.76 bits per heavy atom. The topological polar surface area (TPSA) is 131 Å². The summed E-state index contributed by atoms with van der Waals surface area (Å²) in [4.78, 5) is 30.6. The van der Waals surface area contributed by atoms with Gasteiger partial charge in [-0.05, 0) is 35.9 Å². The minimum absolute atomic E-state index is 0.176. The zero-order valence-corrected chi connectivity index (χ0v) is 20.5. The first-order valence-corrected chi connectivity index (χ1v) is 11.8. The Balaban J connectivity index is 1.46. The molecule has 2 aromatic heterocycles. The van der Waals surface area contributed by atoms with Crippen molar-refractivity contribution in [1.29, 1.82) is 0 Å². The molecule has 1 atom stereocenters. The van der Waals surface area contributed by atoms with Crippen LogP contribution in [0.1, 0.15) is 15.9 Å². The van der Waals surface area contributed by atoms with Crippen LogP contribution in [0.5, 0.6) is 5.75 Å². The van der Waals surface area contributed by atoms with E-state index in [1.807, 2.05) is 48.5 Å². The Morgan fingerprint density at radius 1 is 1.03 bits per heavy atom. The normalized spacial score (nSPS) is 14.2. The van der Waals surface area contributed by atoms with E-state index in [2.05, 4.69) is 15.4 Å². The molecule has 3 N–H and O–H groups in total. The highest BCUT2D eigenvalue weighted by Crippen LogP contribution is 2.28. The largest absolute Gasteiger partial charge is 0.497 e. The van der Waals surface area contributed by atoms with Crippen LogP contribution in [-0.4, -0.2) is 45.5 Å². The van der Waals surface area contributed by atoms with Crippen LogP contribution in [0.3, 0.4) is 0 Å². The van der Waals surface area contributed by atoms with Crippen LogP contribution in [0.4, 0.5) is 0 Å². The van der Waals surface area contributed by atoms with Gasteiger partial charge in [-0.15, -0.1) is 0 Å². The van der Waals surface area contributed by atoms with E-state index in [0.717, 1.165) is 16.8 Å². The number of carbonyl (C=O) groups excluding carboxylic acids is 2. The summed E-state index contributed by atoms with van der Waals surface area (Å²) in [7, 11) is 1.57. The van der Waals surface area contributed by atoms with Crippen LogP contribution in [0.2, 0.25) is 0 Å². The number of pyridine rings is 1. The maximum atomic E-state index is 13.6. The molecule has 192 valence electrons. The van der Waals surface area contributed by atoms with Crippen LogP contribution < -0.4 is 15.8 Å². The van der Waals surface area contributed by atoms with E-state index in [-0.39, 0.29) is 12.0 Å². The fraction of sp³-hybridized carbons (Fsp3) is 0.143. The average molecular weight is 512 g/mol. The van der Waals surface area contributed by atoms with Gasteiger partial charge in [0.2, 0.25) is 0 Å². The summed E-state index contributed by atoms with van der Waals surface area (Å²) >= 11 is 0. The lowest BCUT2D eigenvalue weighted by atomic mass is 9.97. The predicted octanol–water partition coefficient (Wildman–Crippen LogP) is 2.98. The molecule has 10 heteroatoms. The van der Waals surface area contributed by atoms with Gasteiger partial charge in [-0.3, -0.25) is 9.59 Å². The van der Waals surface area contributed by atoms with Crippen LogP contribution in [0, 0.1) is 0 Å². The van der Waals surface area contributed by atoms with Gasteiger partial charge in [0.25, 0.3) is 5.91 Å². The van der Waals surface area contributed by atoms with Crippen molar-refractivity contribution in [1.82, 2.24) is 20.1 Å². The van der Waals surface area contributed by atoms with Crippen molar-refractivity contribution in [3.8, 4) is 22.8 Å². The zero-order chi connectivity index (χ0) is 26.5. The third-order valence-corrected chi connectivity index (χ3v) is 6.16. The van der Waals surface area contributed by atoms with Gasteiger partial charge in [0.1, 0.15) is 24.3 Å². The van der Waals surface area contributed by atoms with Crippen LogP contribution in [0.15, 0.2) is 97.7 Å². The van der Waals surface area contributed by atoms with Crippen LogP contribution >= 0.6 is 0 Å². The molecule has 0 bridgehead atoms. The smallest absolute Gasteiger partial charge is 0.352 e. The first-order valence-electron chi connectivity index (χ1n) is 11.8. The minimum Gasteiger partial charge on any atom is -0.497 e. The lowest BCUT2D eigenvalue weighted by Crippen LogP contribution is -2.61. The quantitative estimate of drug-likeness (QED) is 0.353. The van der Waals surface area contributed by atoms with E-state index >= 15 is 0 Å². The average Bonchev–Trinajstić information content (AvgIpc) is 3.65. The molecule has 0 fully saturated rings. The van der Waals surface area contributed by atoms with Crippen LogP contribution in [0.25, 0.3) is 17.1 Å². The summed E-state index contributed by atoms with van der Waals surface area (Å²) in [5.74, 6) is -2.34. The van der Waals surface area contributed by atoms with Crippen molar-refractivity contribution in [3.63, 3.8) is 0 Å². The fourth-order valence-electron chi connectivity index (χ4n) is 4.21. The Kier molecular flexibility index (Phi) is 6.77. The molecule has 0 spiro atoms. The number of aromatic nitrogens is 3. The van der Waals surface area contributed by atoms with E-state index in [9.17, 15) is 9.59 Å². The van der Waals surface area contributed by atoms with E-state index in [0.29, 0.717) is 11.6 Å². The number of nitrogens with zero attached hydrogens (tertiary/aromatic N) is 3. The second-order valence-electron chi connectivity index (χ2n) is 8.50. The number of hydrogen-bond donors (Lipinski definition) is 2. The molecule has 4 aromatic rings. The molecule has 0 saturated carbocycles. The van der Waals surface area contributed by atoms with E-state index in [4.69, 9.17) is 19.9 Å². The molecular weight excluding hydrogens is 486 g/mol. The van der Waals surface area contributed by atoms with Crippen molar-refractivity contribution < 1.29 is 23.8 Å². The van der Waals surface area contributed by atoms with Gasteiger partial charge in [-0.25, -0.2) is 9.67 Å². The van der Waals surface area contributed by atoms with Gasteiger partial charge in [0, 0.05) is 24.4 Å². The van der Waals surface area contributed by atoms with Gasteiger partial charge in [0.05, 0.1) is 18.4 Å². The molecule has 0 aliphatic carbocycles. The molecule has 0 radical (unpaired) electrons. The Labute approximate surface area is 218 Å². The number of benzene rings is 2. The third-order valence-electron chi connectivity index (χ3n) is 6.16. The molecule has 38 heavy (non-hydrogen) atoms. The molecule has 3 heterocycles. The summed E-state index contributed by atoms with van der Waals surface area (Å²) < 4.78 is 17.8. The number of primary amides is 1. The summed E-state index contributed by atoms with van der Waals surface area (Å²) in [6, 6.07) is 21.0. The highest BCUT2D eigenvalue weighted by molar-refractivity contribution is 5.98. The molecular formula is C28H25N5O5. The van der Waals surface area contributed by atoms with Gasteiger partial charge >= 0.3 is 11.7 Å². The molecule has 2 amide bonds. The van der Waals surface area contributed by atoms with E-state index in [1.54, 1.807) is 43.8 Å². The number of hydrogen-bond acceptors (Lipinski definition) is 7. The first kappa shape index (κ1) is 24.6. The maximum Gasteiger partial charge on any atom is 0.352 e. The fourth-order valence-corrected chi connectivity index (χ4v) is 4.21. The molecule has 10 nitrogen and oxygen atoms in total. The Bertz CT molecular complexity index is 1460. The zero-order valence-electron chi connectivity index (χ0n) is 20.5. The predicted molar refractivity (Wildman–Crippen MR) is 138 cm³/mol. The molecule has 5 rings (SSSR count). The highest BCUT2D eigenvalue weighted by Gasteiger charge is 2.51. The third kappa shape index (κ3) is 4.79. The van der Waals surface area contributed by atoms with Gasteiger partial charge in [-0.1, -0.05) is 42.5 Å². The van der Waals surface area contributed by atoms with Crippen LogP contribution in [-0.2, 0) is 20.7 Å². The second-order valence-corrected chi connectivity index (χ2v) is 8.50. The molecule has 0 saturated heterocycles. The Hall–Kier alpha value is -5.12. The monoisotopic (exact) mass is 511 g/mol. The summed E-state index contributed by atoms with van der Waals surface area (Å²) in [6.45, 7) is 0. The Morgan fingerprint density at radius 3 is 2.45 bits per heavy atom. The van der Waals surface area contributed by atoms with Crippen molar-refractivity contribution >= 4 is 11.8 Å². The SMILES string of the molecule is COc1ccc(CC(NC(=O)c2cccnc2-n2ccc(-c3ccccc3)n2)C2(C(N)=O)OC=CO2)cc1. The second kappa shape index (κ2) is 10.5. The van der Waals surface area contributed by atoms with Gasteiger partial charge in [-0.2, -0.15) is 5.10 Å². The molecule has 1 unspecified atom stereocenters. The molecule has 1 aliphatic rings. The van der Waals surface area contributed by atoms with Gasteiger partial charge < -0.3 is 25.3 Å². The number of rotatable bonds is 9. The number of carbonyl (C=O) groups is 2.